The van der Waals surface area contributed by atoms with Crippen LogP contribution in [0.25, 0.3) is 0 Å². The van der Waals surface area contributed by atoms with Crippen molar-refractivity contribution in [1.29, 1.82) is 0 Å². The third-order valence-electron chi connectivity index (χ3n) is 3.95. The molecule has 0 aromatic heterocycles. The molecule has 0 unspecified atom stereocenters. The lowest BCUT2D eigenvalue weighted by Crippen LogP contribution is -2.08. The van der Waals surface area contributed by atoms with Crippen molar-refractivity contribution in [3.63, 3.8) is 0 Å². The van der Waals surface area contributed by atoms with Crippen LogP contribution in [0.1, 0.15) is 27.0 Å². The maximum atomic E-state index is 12.8. The number of carboxylic acid groups (broad SMARTS) is 1. The maximum Gasteiger partial charge on any atom is 0.307 e. The number of aliphatic carboxylic acids is 1. The molecule has 1 heterocycles. The lowest BCUT2D eigenvalue weighted by atomic mass is 9.94. The monoisotopic (exact) mass is 328 g/mol. The summed E-state index contributed by atoms with van der Waals surface area (Å²) in [5.41, 5.74) is 1.33. The van der Waals surface area contributed by atoms with Gasteiger partial charge in [0.2, 0.25) is 5.78 Å². The van der Waals surface area contributed by atoms with Crippen LogP contribution in [0.5, 0.6) is 17.2 Å². The summed E-state index contributed by atoms with van der Waals surface area (Å²) in [5.74, 6) is -0.884. The Kier molecular flexibility index (Phi) is 4.12. The average Bonchev–Trinajstić information content (AvgIpc) is 3.02. The molecule has 2 aromatic rings. The number of fused-ring (bicyclic) bond motifs is 1. The molecule has 0 bridgehead atoms. The molecular formula is C18H16O6. The van der Waals surface area contributed by atoms with Gasteiger partial charge in [0.15, 0.2) is 0 Å². The van der Waals surface area contributed by atoms with E-state index < -0.39 is 11.8 Å². The standard InChI is InChI=1S/C18H16O6/c1-23-13-4-2-10(3-5-13)16(21)15-17(22)12(9-14(19)20)8-11-6-7-24-18(11)15/h2-5,8,22H,6-7,9H2,1H3,(H,19,20). The highest BCUT2D eigenvalue weighted by molar-refractivity contribution is 6.13. The Hall–Kier alpha value is -3.02. The molecular weight excluding hydrogens is 312 g/mol. The number of aromatic hydroxyl groups is 1. The number of carbonyl (C=O) groups is 2. The van der Waals surface area contributed by atoms with E-state index in [2.05, 4.69) is 0 Å². The van der Waals surface area contributed by atoms with Crippen LogP contribution >= 0.6 is 0 Å². The number of hydrogen-bond donors (Lipinski definition) is 2. The quantitative estimate of drug-likeness (QED) is 0.817. The first-order chi connectivity index (χ1) is 11.5. The summed E-state index contributed by atoms with van der Waals surface area (Å²) in [6, 6.07) is 8.06. The van der Waals surface area contributed by atoms with Crippen molar-refractivity contribution in [2.45, 2.75) is 12.8 Å². The Balaban J connectivity index is 2.09. The lowest BCUT2D eigenvalue weighted by Gasteiger charge is -2.13. The molecule has 0 saturated heterocycles. The largest absolute Gasteiger partial charge is 0.507 e. The summed E-state index contributed by atoms with van der Waals surface area (Å²) in [6.45, 7) is 0.397. The summed E-state index contributed by atoms with van der Waals surface area (Å²) in [6.07, 6.45) is 0.215. The normalized spacial score (nSPS) is 12.4. The van der Waals surface area contributed by atoms with Crippen LogP contribution in [0.3, 0.4) is 0 Å². The van der Waals surface area contributed by atoms with E-state index in [-0.39, 0.29) is 23.3 Å². The van der Waals surface area contributed by atoms with Crippen molar-refractivity contribution in [2.24, 2.45) is 0 Å². The second kappa shape index (κ2) is 6.23. The molecule has 2 aromatic carbocycles. The van der Waals surface area contributed by atoms with E-state index in [0.29, 0.717) is 30.1 Å². The van der Waals surface area contributed by atoms with Crippen LogP contribution in [-0.4, -0.2) is 35.7 Å². The van der Waals surface area contributed by atoms with Crippen molar-refractivity contribution in [3.8, 4) is 17.2 Å². The van der Waals surface area contributed by atoms with Gasteiger partial charge in [0.1, 0.15) is 22.8 Å². The number of rotatable bonds is 5. The first-order valence-corrected chi connectivity index (χ1v) is 7.42. The number of carbonyl (C=O) groups excluding carboxylic acids is 1. The highest BCUT2D eigenvalue weighted by Gasteiger charge is 2.28. The first-order valence-electron chi connectivity index (χ1n) is 7.42. The van der Waals surface area contributed by atoms with Gasteiger partial charge in [-0.2, -0.15) is 0 Å². The lowest BCUT2D eigenvalue weighted by molar-refractivity contribution is -0.136. The van der Waals surface area contributed by atoms with Gasteiger partial charge in [-0.05, 0) is 35.9 Å². The number of carboxylic acids is 1. The molecule has 0 amide bonds. The zero-order valence-corrected chi connectivity index (χ0v) is 13.0. The third kappa shape index (κ3) is 2.78. The van der Waals surface area contributed by atoms with Gasteiger partial charge in [0.05, 0.1) is 20.1 Å². The second-order valence-electron chi connectivity index (χ2n) is 5.47. The molecule has 1 aliphatic rings. The van der Waals surface area contributed by atoms with E-state index in [1.54, 1.807) is 30.3 Å². The first kappa shape index (κ1) is 15.9. The van der Waals surface area contributed by atoms with Crippen LogP contribution in [0.2, 0.25) is 0 Å². The van der Waals surface area contributed by atoms with Crippen LogP contribution in [-0.2, 0) is 17.6 Å². The van der Waals surface area contributed by atoms with Crippen molar-refractivity contribution in [3.05, 3.63) is 52.6 Å². The zero-order chi connectivity index (χ0) is 17.3. The van der Waals surface area contributed by atoms with Crippen molar-refractivity contribution >= 4 is 11.8 Å². The van der Waals surface area contributed by atoms with Gasteiger partial charge in [-0.1, -0.05) is 0 Å². The third-order valence-corrected chi connectivity index (χ3v) is 3.95. The molecule has 0 saturated carbocycles. The van der Waals surface area contributed by atoms with Gasteiger partial charge >= 0.3 is 5.97 Å². The minimum Gasteiger partial charge on any atom is -0.507 e. The summed E-state index contributed by atoms with van der Waals surface area (Å²) < 4.78 is 10.6. The number of benzene rings is 2. The van der Waals surface area contributed by atoms with Gasteiger partial charge in [0.25, 0.3) is 0 Å². The molecule has 24 heavy (non-hydrogen) atoms. The van der Waals surface area contributed by atoms with Gasteiger partial charge in [0, 0.05) is 17.5 Å². The van der Waals surface area contributed by atoms with Gasteiger partial charge < -0.3 is 19.7 Å². The van der Waals surface area contributed by atoms with Gasteiger partial charge in [-0.25, -0.2) is 0 Å². The molecule has 0 spiro atoms. The Labute approximate surface area is 138 Å². The molecule has 6 heteroatoms. The molecule has 0 aliphatic carbocycles. The number of hydrogen-bond acceptors (Lipinski definition) is 5. The highest BCUT2D eigenvalue weighted by atomic mass is 16.5. The Bertz CT molecular complexity index is 807. The maximum absolute atomic E-state index is 12.8. The van der Waals surface area contributed by atoms with E-state index in [1.807, 2.05) is 0 Å². The Morgan fingerprint density at radius 1 is 1.25 bits per heavy atom. The number of phenols is 1. The Morgan fingerprint density at radius 3 is 2.58 bits per heavy atom. The minimum atomic E-state index is -1.08. The van der Waals surface area contributed by atoms with E-state index in [9.17, 15) is 14.7 Å². The highest BCUT2D eigenvalue weighted by Crippen LogP contribution is 2.40. The summed E-state index contributed by atoms with van der Waals surface area (Å²) in [4.78, 5) is 23.8. The van der Waals surface area contributed by atoms with Gasteiger partial charge in [-0.15, -0.1) is 0 Å². The summed E-state index contributed by atoms with van der Waals surface area (Å²) in [5, 5.41) is 19.4. The van der Waals surface area contributed by atoms with Crippen LogP contribution in [0, 0.1) is 0 Å². The second-order valence-corrected chi connectivity index (χ2v) is 5.47. The number of methoxy groups -OCH3 is 1. The van der Waals surface area contributed by atoms with Crippen molar-refractivity contribution < 1.29 is 29.3 Å². The van der Waals surface area contributed by atoms with E-state index in [1.165, 1.54) is 7.11 Å². The SMILES string of the molecule is COc1ccc(C(=O)c2c(O)c(CC(=O)O)cc3c2OCC3)cc1. The van der Waals surface area contributed by atoms with Crippen LogP contribution < -0.4 is 9.47 Å². The minimum absolute atomic E-state index is 0.0198. The molecule has 0 fully saturated rings. The predicted octanol–water partition coefficient (Wildman–Crippen LogP) is 2.19. The Morgan fingerprint density at radius 2 is 1.96 bits per heavy atom. The summed E-state index contributed by atoms with van der Waals surface area (Å²) >= 11 is 0. The summed E-state index contributed by atoms with van der Waals surface area (Å²) in [7, 11) is 1.53. The van der Waals surface area contributed by atoms with Crippen LogP contribution in [0.15, 0.2) is 30.3 Å². The smallest absolute Gasteiger partial charge is 0.307 e. The molecule has 0 radical (unpaired) electrons. The average molecular weight is 328 g/mol. The fraction of sp³-hybridized carbons (Fsp3) is 0.222. The fourth-order valence-corrected chi connectivity index (χ4v) is 2.78. The molecule has 1 aliphatic heterocycles. The predicted molar refractivity (Wildman–Crippen MR) is 85.1 cm³/mol. The van der Waals surface area contributed by atoms with Crippen molar-refractivity contribution in [2.75, 3.05) is 13.7 Å². The van der Waals surface area contributed by atoms with Crippen molar-refractivity contribution in [1.82, 2.24) is 0 Å². The number of phenolic OH excluding ortho intramolecular Hbond substituents is 1. The van der Waals surface area contributed by atoms with E-state index in [4.69, 9.17) is 14.6 Å². The van der Waals surface area contributed by atoms with Gasteiger partial charge in [-0.3, -0.25) is 9.59 Å². The molecule has 3 rings (SSSR count). The number of ether oxygens (including phenoxy) is 2. The zero-order valence-electron chi connectivity index (χ0n) is 13.0. The molecule has 2 N–H and O–H groups in total. The number of ketones is 1. The molecule has 124 valence electrons. The molecule has 0 atom stereocenters. The topological polar surface area (TPSA) is 93.1 Å². The van der Waals surface area contributed by atoms with Crippen LogP contribution in [0.4, 0.5) is 0 Å². The van der Waals surface area contributed by atoms with E-state index >= 15 is 0 Å². The fourth-order valence-electron chi connectivity index (χ4n) is 2.78. The van der Waals surface area contributed by atoms with E-state index in [0.717, 1.165) is 5.56 Å². The molecule has 6 nitrogen and oxygen atoms in total.